The lowest BCUT2D eigenvalue weighted by Crippen LogP contribution is -2.45. The molecule has 7 heteroatoms. The first-order valence-electron chi connectivity index (χ1n) is 6.53. The van der Waals surface area contributed by atoms with Gasteiger partial charge in [0.15, 0.2) is 0 Å². The average molecular weight is 275 g/mol. The molecule has 0 aromatic rings. The molecule has 0 heterocycles. The van der Waals surface area contributed by atoms with Crippen LogP contribution >= 0.6 is 0 Å². The summed E-state index contributed by atoms with van der Waals surface area (Å²) in [5.74, 6) is -0.390. The molecule has 0 saturated carbocycles. The topological polar surface area (TPSA) is 90.9 Å². The Morgan fingerprint density at radius 3 is 2.63 bits per heavy atom. The molecule has 0 bridgehead atoms. The fourth-order valence-corrected chi connectivity index (χ4v) is 1.42. The summed E-state index contributed by atoms with van der Waals surface area (Å²) in [6, 6.07) is -0.478. The van der Waals surface area contributed by atoms with Gasteiger partial charge in [0.25, 0.3) is 0 Å². The zero-order valence-electron chi connectivity index (χ0n) is 11.8. The molecular formula is C12H25N3O4. The number of hydrogen-bond acceptors (Lipinski definition) is 5. The largest absolute Gasteiger partial charge is 0.395 e. The van der Waals surface area contributed by atoms with Crippen molar-refractivity contribution in [3.8, 4) is 0 Å². The highest BCUT2D eigenvalue weighted by Crippen LogP contribution is 1.88. The standard InChI is InChI=1S/C12H25N3O4/c1-3-4-5-13-12(18)14-11(17)10-15(6-8-16)7-9-19-2/h16H,3-10H2,1-2H3,(H2,13,14,17,18). The van der Waals surface area contributed by atoms with E-state index in [9.17, 15) is 9.59 Å². The predicted molar refractivity (Wildman–Crippen MR) is 71.9 cm³/mol. The molecule has 0 fully saturated rings. The smallest absolute Gasteiger partial charge is 0.321 e. The third kappa shape index (κ3) is 10.4. The van der Waals surface area contributed by atoms with Gasteiger partial charge in [-0.15, -0.1) is 0 Å². The molecule has 0 saturated heterocycles. The van der Waals surface area contributed by atoms with E-state index < -0.39 is 11.9 Å². The van der Waals surface area contributed by atoms with Crippen LogP contribution in [0.2, 0.25) is 0 Å². The van der Waals surface area contributed by atoms with Gasteiger partial charge in [0.1, 0.15) is 0 Å². The van der Waals surface area contributed by atoms with E-state index in [0.717, 1.165) is 12.8 Å². The molecule has 0 aliphatic rings. The van der Waals surface area contributed by atoms with Gasteiger partial charge in [0, 0.05) is 26.7 Å². The van der Waals surface area contributed by atoms with Crippen molar-refractivity contribution in [1.29, 1.82) is 0 Å². The third-order valence-corrected chi connectivity index (χ3v) is 2.46. The van der Waals surface area contributed by atoms with Gasteiger partial charge < -0.3 is 15.2 Å². The Morgan fingerprint density at radius 1 is 1.32 bits per heavy atom. The number of carbonyl (C=O) groups excluding carboxylic acids is 2. The zero-order valence-corrected chi connectivity index (χ0v) is 11.8. The van der Waals surface area contributed by atoms with Crippen molar-refractivity contribution < 1.29 is 19.4 Å². The molecule has 0 radical (unpaired) electrons. The van der Waals surface area contributed by atoms with Crippen LogP contribution in [0.3, 0.4) is 0 Å². The van der Waals surface area contributed by atoms with Gasteiger partial charge in [-0.25, -0.2) is 4.79 Å². The van der Waals surface area contributed by atoms with Crippen LogP contribution in [0.25, 0.3) is 0 Å². The normalized spacial score (nSPS) is 10.5. The van der Waals surface area contributed by atoms with Gasteiger partial charge in [-0.05, 0) is 6.42 Å². The number of aliphatic hydroxyl groups is 1. The molecule has 0 atom stereocenters. The lowest BCUT2D eigenvalue weighted by Gasteiger charge is -2.19. The average Bonchev–Trinajstić information content (AvgIpc) is 2.36. The van der Waals surface area contributed by atoms with E-state index in [-0.39, 0.29) is 13.2 Å². The lowest BCUT2D eigenvalue weighted by molar-refractivity contribution is -0.121. The highest BCUT2D eigenvalue weighted by Gasteiger charge is 2.12. The van der Waals surface area contributed by atoms with Crippen molar-refractivity contribution in [3.05, 3.63) is 0 Å². The Balaban J connectivity index is 3.93. The SMILES string of the molecule is CCCCNC(=O)NC(=O)CN(CCO)CCOC. The number of nitrogens with one attached hydrogen (secondary N) is 2. The molecule has 0 spiro atoms. The summed E-state index contributed by atoms with van der Waals surface area (Å²) in [7, 11) is 1.57. The molecule has 0 aromatic carbocycles. The van der Waals surface area contributed by atoms with Crippen molar-refractivity contribution in [2.75, 3.05) is 46.5 Å². The van der Waals surface area contributed by atoms with Crippen LogP contribution in [0.4, 0.5) is 4.79 Å². The Hall–Kier alpha value is -1.18. The number of nitrogens with zero attached hydrogens (tertiary/aromatic N) is 1. The van der Waals surface area contributed by atoms with E-state index in [1.807, 2.05) is 6.92 Å². The Bertz CT molecular complexity index is 261. The number of carbonyl (C=O) groups is 2. The molecule has 19 heavy (non-hydrogen) atoms. The molecule has 0 aliphatic heterocycles. The minimum atomic E-state index is -0.478. The summed E-state index contributed by atoms with van der Waals surface area (Å²) in [6.45, 7) is 3.96. The summed E-state index contributed by atoms with van der Waals surface area (Å²) in [5.41, 5.74) is 0. The van der Waals surface area contributed by atoms with Gasteiger partial charge in [-0.2, -0.15) is 0 Å². The molecule has 0 aliphatic carbocycles. The van der Waals surface area contributed by atoms with Crippen LogP contribution in [-0.4, -0.2) is 68.4 Å². The maximum absolute atomic E-state index is 11.6. The van der Waals surface area contributed by atoms with Gasteiger partial charge in [-0.1, -0.05) is 13.3 Å². The fourth-order valence-electron chi connectivity index (χ4n) is 1.42. The number of methoxy groups -OCH3 is 1. The number of hydrogen-bond donors (Lipinski definition) is 3. The number of ether oxygens (including phenoxy) is 1. The number of unbranched alkanes of at least 4 members (excludes halogenated alkanes) is 1. The van der Waals surface area contributed by atoms with Crippen LogP contribution in [0.1, 0.15) is 19.8 Å². The van der Waals surface area contributed by atoms with Crippen molar-refractivity contribution >= 4 is 11.9 Å². The number of aliphatic hydroxyl groups excluding tert-OH is 1. The Kier molecular flexibility index (Phi) is 11.1. The minimum Gasteiger partial charge on any atom is -0.395 e. The van der Waals surface area contributed by atoms with Crippen molar-refractivity contribution in [3.63, 3.8) is 0 Å². The highest BCUT2D eigenvalue weighted by molar-refractivity contribution is 5.95. The second kappa shape index (κ2) is 11.9. The van der Waals surface area contributed by atoms with E-state index in [1.54, 1.807) is 12.0 Å². The summed E-state index contributed by atoms with van der Waals surface area (Å²) < 4.78 is 4.91. The highest BCUT2D eigenvalue weighted by atomic mass is 16.5. The van der Waals surface area contributed by atoms with E-state index in [0.29, 0.717) is 26.2 Å². The molecule has 0 unspecified atom stereocenters. The van der Waals surface area contributed by atoms with E-state index >= 15 is 0 Å². The molecule has 3 amide bonds. The van der Waals surface area contributed by atoms with E-state index in [1.165, 1.54) is 0 Å². The second-order valence-corrected chi connectivity index (χ2v) is 4.15. The van der Waals surface area contributed by atoms with Crippen LogP contribution in [0.15, 0.2) is 0 Å². The van der Waals surface area contributed by atoms with Crippen molar-refractivity contribution in [1.82, 2.24) is 15.5 Å². The van der Waals surface area contributed by atoms with Gasteiger partial charge in [0.2, 0.25) is 5.91 Å². The molecule has 112 valence electrons. The van der Waals surface area contributed by atoms with E-state index in [4.69, 9.17) is 9.84 Å². The maximum atomic E-state index is 11.6. The van der Waals surface area contributed by atoms with E-state index in [2.05, 4.69) is 10.6 Å². The fraction of sp³-hybridized carbons (Fsp3) is 0.833. The Morgan fingerprint density at radius 2 is 2.05 bits per heavy atom. The second-order valence-electron chi connectivity index (χ2n) is 4.15. The minimum absolute atomic E-state index is 0.0420. The molecule has 7 nitrogen and oxygen atoms in total. The predicted octanol–water partition coefficient (Wildman–Crippen LogP) is -0.447. The van der Waals surface area contributed by atoms with Gasteiger partial charge >= 0.3 is 6.03 Å². The molecule has 0 aromatic heterocycles. The quantitative estimate of drug-likeness (QED) is 0.470. The molecule has 3 N–H and O–H groups in total. The van der Waals surface area contributed by atoms with Gasteiger partial charge in [0.05, 0.1) is 19.8 Å². The molecular weight excluding hydrogens is 250 g/mol. The monoisotopic (exact) mass is 275 g/mol. The third-order valence-electron chi connectivity index (χ3n) is 2.46. The summed E-state index contributed by atoms with van der Waals surface area (Å²) in [6.07, 6.45) is 1.86. The summed E-state index contributed by atoms with van der Waals surface area (Å²) >= 11 is 0. The summed E-state index contributed by atoms with van der Waals surface area (Å²) in [4.78, 5) is 24.7. The van der Waals surface area contributed by atoms with Crippen LogP contribution in [0, 0.1) is 0 Å². The first-order valence-corrected chi connectivity index (χ1v) is 6.53. The van der Waals surface area contributed by atoms with Crippen LogP contribution in [-0.2, 0) is 9.53 Å². The summed E-state index contributed by atoms with van der Waals surface area (Å²) in [5, 5.41) is 13.7. The first-order chi connectivity index (χ1) is 9.13. The maximum Gasteiger partial charge on any atom is 0.321 e. The number of amides is 3. The lowest BCUT2D eigenvalue weighted by atomic mass is 10.3. The zero-order chi connectivity index (χ0) is 14.5. The number of urea groups is 1. The van der Waals surface area contributed by atoms with Crippen molar-refractivity contribution in [2.24, 2.45) is 0 Å². The van der Waals surface area contributed by atoms with Crippen LogP contribution < -0.4 is 10.6 Å². The van der Waals surface area contributed by atoms with Crippen LogP contribution in [0.5, 0.6) is 0 Å². The first kappa shape index (κ1) is 17.8. The van der Waals surface area contributed by atoms with Gasteiger partial charge in [-0.3, -0.25) is 15.0 Å². The number of rotatable bonds is 10. The number of imide groups is 1. The Labute approximate surface area is 114 Å². The van der Waals surface area contributed by atoms with Crippen molar-refractivity contribution in [2.45, 2.75) is 19.8 Å². The molecule has 0 rings (SSSR count).